The number of hydrogen-bond acceptors (Lipinski definition) is 4. The maximum atomic E-state index is 8.55. The van der Waals surface area contributed by atoms with Crippen molar-refractivity contribution in [2.75, 3.05) is 0 Å². The van der Waals surface area contributed by atoms with Crippen LogP contribution >= 0.6 is 7.82 Å². The molecule has 0 saturated carbocycles. The molecule has 0 bridgehead atoms. The minimum absolute atomic E-state index is 0. The van der Waals surface area contributed by atoms with E-state index in [0.29, 0.717) is 0 Å². The van der Waals surface area contributed by atoms with Crippen molar-refractivity contribution in [3.8, 4) is 0 Å². The van der Waals surface area contributed by atoms with Crippen molar-refractivity contribution in [3.63, 3.8) is 0 Å². The fourth-order valence-electron chi connectivity index (χ4n) is 0. The van der Waals surface area contributed by atoms with Gasteiger partial charge >= 0.3 is 17.1 Å². The molecule has 0 atom stereocenters. The van der Waals surface area contributed by atoms with E-state index in [-0.39, 0.29) is 21.8 Å². The quantitative estimate of drug-likeness (QED) is 0.267. The monoisotopic (exact) mass is 169 g/mol. The molecule has 0 saturated heterocycles. The molecule has 0 N–H and O–H groups in total. The molecule has 0 heterocycles. The van der Waals surface area contributed by atoms with Crippen molar-refractivity contribution in [2.24, 2.45) is 0 Å². The number of halogens is 1. The summed E-state index contributed by atoms with van der Waals surface area (Å²) in [6, 6.07) is 0. The van der Waals surface area contributed by atoms with E-state index in [9.17, 15) is 0 Å². The van der Waals surface area contributed by atoms with Gasteiger partial charge < -0.3 is 23.9 Å². The fourth-order valence-corrected chi connectivity index (χ4v) is 0. The molecule has 0 aliphatic carbocycles. The topological polar surface area (TPSA) is 86.2 Å². The molecule has 0 aromatic carbocycles. The summed E-state index contributed by atoms with van der Waals surface area (Å²) in [7, 11) is -5.39. The summed E-state index contributed by atoms with van der Waals surface area (Å²) in [5.74, 6) is 0. The molecule has 0 unspecified atom stereocenters. The van der Waals surface area contributed by atoms with Crippen LogP contribution in [0.15, 0.2) is 0 Å². The Morgan fingerprint density at radius 1 is 1.14 bits per heavy atom. The van der Waals surface area contributed by atoms with Gasteiger partial charge in [-0.3, -0.25) is 0 Å². The molecule has 0 amide bonds. The molecular weight excluding hydrogens is 169 g/mol. The Morgan fingerprint density at radius 2 is 1.14 bits per heavy atom. The Morgan fingerprint density at radius 3 is 1.14 bits per heavy atom. The first-order valence-corrected chi connectivity index (χ1v) is 2.19. The molecule has 0 fully saturated rings. The van der Waals surface area contributed by atoms with E-state index in [1.807, 2.05) is 0 Å². The SMILES string of the molecule is O=P([O-])([O-])[O-].[F-].[Mn+4]. The molecule has 7 heteroatoms. The van der Waals surface area contributed by atoms with E-state index in [2.05, 4.69) is 0 Å². The Kier molecular flexibility index (Phi) is 10.5. The normalized spacial score (nSPS) is 8.43. The van der Waals surface area contributed by atoms with E-state index >= 15 is 0 Å². The van der Waals surface area contributed by atoms with Crippen LogP contribution in [0.4, 0.5) is 0 Å². The van der Waals surface area contributed by atoms with Crippen molar-refractivity contribution in [1.29, 1.82) is 0 Å². The van der Waals surface area contributed by atoms with Crippen LogP contribution in [0.2, 0.25) is 0 Å². The first kappa shape index (κ1) is 15.6. The zero-order valence-electron chi connectivity index (χ0n) is 2.84. The van der Waals surface area contributed by atoms with Gasteiger partial charge in [0, 0.05) is 0 Å². The summed E-state index contributed by atoms with van der Waals surface area (Å²) in [5.41, 5.74) is 0. The van der Waals surface area contributed by atoms with Crippen LogP contribution in [-0.4, -0.2) is 0 Å². The third-order valence-corrected chi connectivity index (χ3v) is 0. The predicted molar refractivity (Wildman–Crippen MR) is 7.61 cm³/mol. The van der Waals surface area contributed by atoms with Gasteiger partial charge in [0.2, 0.25) is 0 Å². The van der Waals surface area contributed by atoms with Crippen molar-refractivity contribution in [1.82, 2.24) is 0 Å². The van der Waals surface area contributed by atoms with E-state index in [1.54, 1.807) is 0 Å². The van der Waals surface area contributed by atoms with Gasteiger partial charge in [0.05, 0.1) is 0 Å². The van der Waals surface area contributed by atoms with Crippen LogP contribution in [0.3, 0.4) is 0 Å². The number of phosphoric acid groups is 1. The minimum atomic E-state index is -5.39. The summed E-state index contributed by atoms with van der Waals surface area (Å²) >= 11 is 0. The summed E-state index contributed by atoms with van der Waals surface area (Å²) < 4.78 is 8.55. The molecule has 43 valence electrons. The zero-order valence-corrected chi connectivity index (χ0v) is 4.91. The zero-order chi connectivity index (χ0) is 4.50. The average Bonchev–Trinajstić information content (AvgIpc) is 0.722. The molecule has 4 nitrogen and oxygen atoms in total. The van der Waals surface area contributed by atoms with Crippen LogP contribution in [0, 0.1) is 0 Å². The maximum Gasteiger partial charge on any atom is 4.00 e. The van der Waals surface area contributed by atoms with Gasteiger partial charge in [0.25, 0.3) is 0 Å². The van der Waals surface area contributed by atoms with Crippen LogP contribution in [-0.2, 0) is 21.6 Å². The molecule has 0 spiro atoms. The molecule has 0 rings (SSSR count). The third kappa shape index (κ3) is 436. The molecule has 0 aliphatic rings. The first-order valence-electron chi connectivity index (χ1n) is 0.730. The molecule has 7 heavy (non-hydrogen) atoms. The van der Waals surface area contributed by atoms with E-state index in [1.165, 1.54) is 0 Å². The van der Waals surface area contributed by atoms with Crippen molar-refractivity contribution in [3.05, 3.63) is 0 Å². The second-order valence-electron chi connectivity index (χ2n) is 0.447. The van der Waals surface area contributed by atoms with Gasteiger partial charge in [-0.2, -0.15) is 7.82 Å². The Labute approximate surface area is 49.6 Å². The molecule has 0 aliphatic heterocycles. The van der Waals surface area contributed by atoms with Gasteiger partial charge in [-0.1, -0.05) is 0 Å². The third-order valence-electron chi connectivity index (χ3n) is 0. The van der Waals surface area contributed by atoms with Gasteiger partial charge in [-0.25, -0.2) is 0 Å². The van der Waals surface area contributed by atoms with Crippen LogP contribution in [0.1, 0.15) is 0 Å². The average molecular weight is 169 g/mol. The fraction of sp³-hybridized carbons (Fsp3) is 0. The summed E-state index contributed by atoms with van der Waals surface area (Å²) in [5, 5.41) is 0. The summed E-state index contributed by atoms with van der Waals surface area (Å²) in [4.78, 5) is 25.6. The van der Waals surface area contributed by atoms with E-state index in [0.717, 1.165) is 0 Å². The van der Waals surface area contributed by atoms with E-state index < -0.39 is 7.82 Å². The standard InChI is InChI=1S/FH.Mn.H3O4P/c;;1-5(2,3)4/h1H;;(H3,1,2,3,4)/q;+4;/p-4. The van der Waals surface area contributed by atoms with Crippen LogP contribution < -0.4 is 19.4 Å². The second-order valence-corrected chi connectivity index (χ2v) is 1.34. The Bertz CT molecular complexity index is 57.8. The van der Waals surface area contributed by atoms with Gasteiger partial charge in [0.1, 0.15) is 0 Å². The second kappa shape index (κ2) is 4.71. The summed E-state index contributed by atoms with van der Waals surface area (Å²) in [6.07, 6.45) is 0. The molecular formula is FMnO4P. The summed E-state index contributed by atoms with van der Waals surface area (Å²) in [6.45, 7) is 0. The molecule has 0 aromatic rings. The number of hydrogen-bond donors (Lipinski definition) is 0. The Balaban J connectivity index is -0.0000000800. The number of rotatable bonds is 0. The first-order chi connectivity index (χ1) is 2.00. The van der Waals surface area contributed by atoms with Crippen molar-refractivity contribution < 1.29 is 41.0 Å². The molecule has 0 aromatic heterocycles. The van der Waals surface area contributed by atoms with Crippen LogP contribution in [0.25, 0.3) is 0 Å². The van der Waals surface area contributed by atoms with E-state index in [4.69, 9.17) is 19.2 Å². The molecule has 1 radical (unpaired) electrons. The van der Waals surface area contributed by atoms with Gasteiger partial charge in [0.15, 0.2) is 0 Å². The Hall–Kier alpha value is 0.559. The minimum Gasteiger partial charge on any atom is -1.00 e. The van der Waals surface area contributed by atoms with Gasteiger partial charge in [-0.05, 0) is 0 Å². The van der Waals surface area contributed by atoms with Crippen molar-refractivity contribution in [2.45, 2.75) is 0 Å². The van der Waals surface area contributed by atoms with Crippen molar-refractivity contribution >= 4 is 7.82 Å². The van der Waals surface area contributed by atoms with Crippen LogP contribution in [0.5, 0.6) is 0 Å². The smallest absolute Gasteiger partial charge is 1.00 e. The maximum absolute atomic E-state index is 8.55. The largest absolute Gasteiger partial charge is 4.00 e. The predicted octanol–water partition coefficient (Wildman–Crippen LogP) is -5.82. The van der Waals surface area contributed by atoms with Gasteiger partial charge in [-0.15, -0.1) is 0 Å².